The minimum atomic E-state index is 0.0240. The van der Waals surface area contributed by atoms with Crippen LogP contribution in [0.15, 0.2) is 36.4 Å². The van der Waals surface area contributed by atoms with Gasteiger partial charge in [0.05, 0.1) is 6.42 Å². The number of aromatic nitrogens is 2. The second kappa shape index (κ2) is 8.46. The van der Waals surface area contributed by atoms with Crippen molar-refractivity contribution in [2.24, 2.45) is 0 Å². The van der Waals surface area contributed by atoms with Crippen LogP contribution in [0, 0.1) is 6.92 Å². The van der Waals surface area contributed by atoms with Crippen LogP contribution in [0.4, 0.5) is 11.8 Å². The van der Waals surface area contributed by atoms with Crippen molar-refractivity contribution in [2.75, 3.05) is 36.4 Å². The van der Waals surface area contributed by atoms with Gasteiger partial charge < -0.3 is 15.5 Å². The molecule has 0 bridgehead atoms. The summed E-state index contributed by atoms with van der Waals surface area (Å²) < 4.78 is 0. The molecular weight excluding hydrogens is 314 g/mol. The Morgan fingerprint density at radius 1 is 1.12 bits per heavy atom. The SMILES string of the molecule is Cc1cc(N2CCCC2)nc(NCCNC(=O)Cc2ccccc2)n1. The summed E-state index contributed by atoms with van der Waals surface area (Å²) in [6.07, 6.45) is 2.85. The molecule has 2 heterocycles. The van der Waals surface area contributed by atoms with Crippen molar-refractivity contribution < 1.29 is 4.79 Å². The van der Waals surface area contributed by atoms with Gasteiger partial charge in [0.2, 0.25) is 11.9 Å². The van der Waals surface area contributed by atoms with E-state index in [4.69, 9.17) is 0 Å². The molecule has 0 unspecified atom stereocenters. The molecule has 3 rings (SSSR count). The third kappa shape index (κ3) is 5.17. The molecule has 1 amide bonds. The fraction of sp³-hybridized carbons (Fsp3) is 0.421. The maximum atomic E-state index is 11.9. The highest BCUT2D eigenvalue weighted by molar-refractivity contribution is 5.78. The number of carbonyl (C=O) groups excluding carboxylic acids is 1. The highest BCUT2D eigenvalue weighted by Gasteiger charge is 2.15. The van der Waals surface area contributed by atoms with Crippen molar-refractivity contribution in [2.45, 2.75) is 26.2 Å². The third-order valence-corrected chi connectivity index (χ3v) is 4.21. The number of amides is 1. The van der Waals surface area contributed by atoms with Gasteiger partial charge in [0, 0.05) is 37.9 Å². The average Bonchev–Trinajstić information content (AvgIpc) is 3.14. The zero-order valence-corrected chi connectivity index (χ0v) is 14.7. The first-order chi connectivity index (χ1) is 12.2. The highest BCUT2D eigenvalue weighted by Crippen LogP contribution is 2.19. The monoisotopic (exact) mass is 339 g/mol. The number of rotatable bonds is 7. The van der Waals surface area contributed by atoms with Crippen molar-refractivity contribution in [1.82, 2.24) is 15.3 Å². The fourth-order valence-electron chi connectivity index (χ4n) is 2.96. The number of aryl methyl sites for hydroxylation is 1. The van der Waals surface area contributed by atoms with Gasteiger partial charge in [-0.1, -0.05) is 30.3 Å². The first kappa shape index (κ1) is 17.2. The van der Waals surface area contributed by atoms with Crippen LogP contribution in [0.25, 0.3) is 0 Å². The van der Waals surface area contributed by atoms with Crippen LogP contribution in [0.3, 0.4) is 0 Å². The van der Waals surface area contributed by atoms with E-state index in [0.29, 0.717) is 25.5 Å². The summed E-state index contributed by atoms with van der Waals surface area (Å²) in [7, 11) is 0. The lowest BCUT2D eigenvalue weighted by atomic mass is 10.1. The molecule has 0 aliphatic carbocycles. The molecule has 0 atom stereocenters. The summed E-state index contributed by atoms with van der Waals surface area (Å²) in [4.78, 5) is 23.2. The van der Waals surface area contributed by atoms with Crippen molar-refractivity contribution in [1.29, 1.82) is 0 Å². The number of nitrogens with one attached hydrogen (secondary N) is 2. The predicted octanol–water partition coefficient (Wildman–Crippen LogP) is 2.16. The Balaban J connectivity index is 1.45. The van der Waals surface area contributed by atoms with Crippen molar-refractivity contribution in [3.8, 4) is 0 Å². The van der Waals surface area contributed by atoms with E-state index in [-0.39, 0.29) is 5.91 Å². The minimum absolute atomic E-state index is 0.0240. The Kier molecular flexibility index (Phi) is 5.82. The van der Waals surface area contributed by atoms with E-state index < -0.39 is 0 Å². The molecule has 6 nitrogen and oxygen atoms in total. The van der Waals surface area contributed by atoms with Gasteiger partial charge in [-0.3, -0.25) is 4.79 Å². The van der Waals surface area contributed by atoms with Crippen LogP contribution in [0.2, 0.25) is 0 Å². The molecule has 1 aliphatic heterocycles. The predicted molar refractivity (Wildman–Crippen MR) is 99.9 cm³/mol. The normalized spacial score (nSPS) is 13.7. The third-order valence-electron chi connectivity index (χ3n) is 4.21. The van der Waals surface area contributed by atoms with Crippen molar-refractivity contribution >= 4 is 17.7 Å². The lowest BCUT2D eigenvalue weighted by molar-refractivity contribution is -0.120. The van der Waals surface area contributed by atoms with E-state index >= 15 is 0 Å². The summed E-state index contributed by atoms with van der Waals surface area (Å²) in [5.74, 6) is 1.63. The minimum Gasteiger partial charge on any atom is -0.356 e. The maximum absolute atomic E-state index is 11.9. The van der Waals surface area contributed by atoms with Gasteiger partial charge in [0.25, 0.3) is 0 Å². The van der Waals surface area contributed by atoms with Crippen LogP contribution in [0.5, 0.6) is 0 Å². The standard InChI is InChI=1S/C19H25N5O/c1-15-13-17(24-11-5-6-12-24)23-19(22-15)21-10-9-20-18(25)14-16-7-3-2-4-8-16/h2-4,7-8,13H,5-6,9-12,14H2,1H3,(H,20,25)(H,21,22,23). The Bertz CT molecular complexity index is 698. The lowest BCUT2D eigenvalue weighted by Crippen LogP contribution is -2.30. The lowest BCUT2D eigenvalue weighted by Gasteiger charge is -2.17. The number of carbonyl (C=O) groups is 1. The number of anilines is 2. The Morgan fingerprint density at radius 2 is 1.88 bits per heavy atom. The first-order valence-corrected chi connectivity index (χ1v) is 8.86. The zero-order chi connectivity index (χ0) is 17.5. The molecule has 1 aromatic carbocycles. The molecule has 1 aromatic heterocycles. The molecule has 1 fully saturated rings. The molecule has 0 radical (unpaired) electrons. The van der Waals surface area contributed by atoms with Crippen LogP contribution in [0.1, 0.15) is 24.1 Å². The summed E-state index contributed by atoms with van der Waals surface area (Å²) in [5.41, 5.74) is 1.97. The van der Waals surface area contributed by atoms with E-state index in [2.05, 4.69) is 25.5 Å². The van der Waals surface area contributed by atoms with Gasteiger partial charge in [0.15, 0.2) is 0 Å². The average molecular weight is 339 g/mol. The maximum Gasteiger partial charge on any atom is 0.224 e. The first-order valence-electron chi connectivity index (χ1n) is 8.86. The smallest absolute Gasteiger partial charge is 0.224 e. The van der Waals surface area contributed by atoms with Crippen LogP contribution < -0.4 is 15.5 Å². The van der Waals surface area contributed by atoms with E-state index in [1.807, 2.05) is 43.3 Å². The molecule has 1 saturated heterocycles. The van der Waals surface area contributed by atoms with E-state index in [1.165, 1.54) is 12.8 Å². The largest absolute Gasteiger partial charge is 0.356 e. The molecule has 0 spiro atoms. The Labute approximate surface area is 148 Å². The molecule has 1 aliphatic rings. The second-order valence-electron chi connectivity index (χ2n) is 6.32. The quantitative estimate of drug-likeness (QED) is 0.757. The molecule has 2 N–H and O–H groups in total. The van der Waals surface area contributed by atoms with Gasteiger partial charge >= 0.3 is 0 Å². The molecule has 132 valence electrons. The number of hydrogen-bond donors (Lipinski definition) is 2. The summed E-state index contributed by atoms with van der Waals surface area (Å²) in [6.45, 7) is 5.25. The van der Waals surface area contributed by atoms with E-state index in [0.717, 1.165) is 30.2 Å². The zero-order valence-electron chi connectivity index (χ0n) is 14.7. The summed E-state index contributed by atoms with van der Waals surface area (Å²) >= 11 is 0. The van der Waals surface area contributed by atoms with Gasteiger partial charge in [-0.15, -0.1) is 0 Å². The number of hydrogen-bond acceptors (Lipinski definition) is 5. The topological polar surface area (TPSA) is 70.2 Å². The molecular formula is C19H25N5O. The van der Waals surface area contributed by atoms with Gasteiger partial charge in [-0.05, 0) is 25.3 Å². The highest BCUT2D eigenvalue weighted by atomic mass is 16.1. The van der Waals surface area contributed by atoms with Gasteiger partial charge in [-0.25, -0.2) is 4.98 Å². The van der Waals surface area contributed by atoms with E-state index in [1.54, 1.807) is 0 Å². The summed E-state index contributed by atoms with van der Waals surface area (Å²) in [6, 6.07) is 11.8. The second-order valence-corrected chi connectivity index (χ2v) is 6.32. The van der Waals surface area contributed by atoms with E-state index in [9.17, 15) is 4.79 Å². The number of benzene rings is 1. The van der Waals surface area contributed by atoms with Crippen molar-refractivity contribution in [3.63, 3.8) is 0 Å². The Morgan fingerprint density at radius 3 is 2.64 bits per heavy atom. The van der Waals surface area contributed by atoms with Gasteiger partial charge in [-0.2, -0.15) is 4.98 Å². The van der Waals surface area contributed by atoms with Gasteiger partial charge in [0.1, 0.15) is 5.82 Å². The van der Waals surface area contributed by atoms with Crippen LogP contribution in [-0.4, -0.2) is 42.1 Å². The molecule has 2 aromatic rings. The van der Waals surface area contributed by atoms with Crippen LogP contribution >= 0.6 is 0 Å². The van der Waals surface area contributed by atoms with Crippen LogP contribution in [-0.2, 0) is 11.2 Å². The molecule has 25 heavy (non-hydrogen) atoms. The number of nitrogens with zero attached hydrogens (tertiary/aromatic N) is 3. The fourth-order valence-corrected chi connectivity index (χ4v) is 2.96. The summed E-state index contributed by atoms with van der Waals surface area (Å²) in [5, 5.41) is 6.12. The molecule has 6 heteroatoms. The van der Waals surface area contributed by atoms with Crippen molar-refractivity contribution in [3.05, 3.63) is 47.7 Å². The Hall–Kier alpha value is -2.63. The molecule has 0 saturated carbocycles.